The summed E-state index contributed by atoms with van der Waals surface area (Å²) in [7, 11) is 0. The maximum Gasteiger partial charge on any atom is 0.145 e. The zero-order chi connectivity index (χ0) is 17.2. The van der Waals surface area contributed by atoms with Gasteiger partial charge in [-0.15, -0.1) is 0 Å². The number of ketones is 1. The normalized spacial score (nSPS) is 16.0. The molecule has 1 aliphatic carbocycles. The van der Waals surface area contributed by atoms with Gasteiger partial charge in [-0.05, 0) is 61.1 Å². The van der Waals surface area contributed by atoms with Crippen LogP contribution in [0.15, 0.2) is 48.5 Å². The van der Waals surface area contributed by atoms with Gasteiger partial charge in [0.1, 0.15) is 17.3 Å². The van der Waals surface area contributed by atoms with E-state index in [0.29, 0.717) is 0 Å². The summed E-state index contributed by atoms with van der Waals surface area (Å²) in [5.74, 6) is 0.750. The molecule has 2 aromatic carbocycles. The molecule has 3 heteroatoms. The van der Waals surface area contributed by atoms with Gasteiger partial charge in [0.25, 0.3) is 0 Å². The summed E-state index contributed by atoms with van der Waals surface area (Å²) in [5.41, 5.74) is 1.12. The molecule has 0 spiro atoms. The van der Waals surface area contributed by atoms with Crippen molar-refractivity contribution in [3.05, 3.63) is 59.7 Å². The Morgan fingerprint density at radius 2 is 1.25 bits per heavy atom. The second-order valence-corrected chi connectivity index (χ2v) is 6.79. The Morgan fingerprint density at radius 3 is 1.62 bits per heavy atom. The third-order valence-corrected chi connectivity index (χ3v) is 5.42. The number of Topliss-reactive ketones (excluding diaryl/α,β-unsaturated/α-hetero) is 1. The van der Waals surface area contributed by atoms with Gasteiger partial charge in [0.2, 0.25) is 0 Å². The molecule has 0 heterocycles. The fourth-order valence-corrected chi connectivity index (χ4v) is 4.32. The number of carbonyl (C=O) groups is 1. The van der Waals surface area contributed by atoms with Crippen LogP contribution in [0, 0.1) is 5.92 Å². The summed E-state index contributed by atoms with van der Waals surface area (Å²) < 4.78 is 0. The fourth-order valence-electron chi connectivity index (χ4n) is 4.32. The quantitative estimate of drug-likeness (QED) is 0.867. The minimum Gasteiger partial charge on any atom is -0.508 e. The zero-order valence-electron chi connectivity index (χ0n) is 14.0. The van der Waals surface area contributed by atoms with Crippen molar-refractivity contribution < 1.29 is 15.0 Å². The van der Waals surface area contributed by atoms with Gasteiger partial charge in [0.15, 0.2) is 0 Å². The molecule has 3 rings (SSSR count). The van der Waals surface area contributed by atoms with Crippen molar-refractivity contribution in [2.24, 2.45) is 5.92 Å². The van der Waals surface area contributed by atoms with Crippen LogP contribution in [0.5, 0.6) is 11.5 Å². The second-order valence-electron chi connectivity index (χ2n) is 6.79. The first-order valence-corrected chi connectivity index (χ1v) is 8.65. The SMILES string of the molecule is CC(=O)C(c1ccc(O)cc1)(c1ccc(O)cc1)C1CCCCC1. The van der Waals surface area contributed by atoms with Gasteiger partial charge in [0.05, 0.1) is 5.41 Å². The van der Waals surface area contributed by atoms with Crippen molar-refractivity contribution >= 4 is 5.78 Å². The standard InChI is InChI=1S/C21H24O3/c1-15(22)21(16-5-3-2-4-6-16,17-7-11-19(23)12-8-17)18-9-13-20(24)14-10-18/h7-14,16,23-24H,2-6H2,1H3. The highest BCUT2D eigenvalue weighted by Crippen LogP contribution is 2.47. The summed E-state index contributed by atoms with van der Waals surface area (Å²) in [5, 5.41) is 19.3. The molecule has 0 amide bonds. The molecule has 3 nitrogen and oxygen atoms in total. The van der Waals surface area contributed by atoms with E-state index in [4.69, 9.17) is 0 Å². The lowest BCUT2D eigenvalue weighted by Gasteiger charge is -2.42. The molecule has 1 aliphatic rings. The molecule has 0 atom stereocenters. The highest BCUT2D eigenvalue weighted by atomic mass is 16.3. The molecule has 0 saturated heterocycles. The molecule has 2 N–H and O–H groups in total. The predicted octanol–water partition coefficient (Wildman–Crippen LogP) is 4.55. The monoisotopic (exact) mass is 324 g/mol. The van der Waals surface area contributed by atoms with Gasteiger partial charge >= 0.3 is 0 Å². The van der Waals surface area contributed by atoms with Crippen LogP contribution in [0.3, 0.4) is 0 Å². The Hall–Kier alpha value is -2.29. The fraction of sp³-hybridized carbons (Fsp3) is 0.381. The van der Waals surface area contributed by atoms with Gasteiger partial charge < -0.3 is 10.2 Å². The molecule has 1 saturated carbocycles. The van der Waals surface area contributed by atoms with Crippen LogP contribution in [0.4, 0.5) is 0 Å². The van der Waals surface area contributed by atoms with Crippen LogP contribution in [-0.2, 0) is 10.2 Å². The first-order valence-electron chi connectivity index (χ1n) is 8.65. The molecule has 126 valence electrons. The van der Waals surface area contributed by atoms with E-state index in [1.807, 2.05) is 24.3 Å². The highest BCUT2D eigenvalue weighted by molar-refractivity contribution is 5.92. The topological polar surface area (TPSA) is 57.5 Å². The first-order chi connectivity index (χ1) is 11.5. The van der Waals surface area contributed by atoms with Crippen LogP contribution >= 0.6 is 0 Å². The Kier molecular flexibility index (Phi) is 4.61. The van der Waals surface area contributed by atoms with E-state index in [-0.39, 0.29) is 23.2 Å². The largest absolute Gasteiger partial charge is 0.508 e. The van der Waals surface area contributed by atoms with Gasteiger partial charge in [-0.25, -0.2) is 0 Å². The van der Waals surface area contributed by atoms with E-state index in [9.17, 15) is 15.0 Å². The smallest absolute Gasteiger partial charge is 0.145 e. The Balaban J connectivity index is 2.21. The van der Waals surface area contributed by atoms with Crippen LogP contribution < -0.4 is 0 Å². The average Bonchev–Trinajstić information content (AvgIpc) is 2.59. The van der Waals surface area contributed by atoms with Gasteiger partial charge in [-0.2, -0.15) is 0 Å². The summed E-state index contributed by atoms with van der Waals surface area (Å²) in [6.45, 7) is 1.66. The predicted molar refractivity (Wildman–Crippen MR) is 94.2 cm³/mol. The van der Waals surface area contributed by atoms with Gasteiger partial charge in [0, 0.05) is 0 Å². The van der Waals surface area contributed by atoms with Crippen LogP contribution in [0.25, 0.3) is 0 Å². The molecular formula is C21H24O3. The third-order valence-electron chi connectivity index (χ3n) is 5.42. The average molecular weight is 324 g/mol. The summed E-state index contributed by atoms with van der Waals surface area (Å²) >= 11 is 0. The Bertz CT molecular complexity index is 649. The lowest BCUT2D eigenvalue weighted by molar-refractivity contribution is -0.123. The summed E-state index contributed by atoms with van der Waals surface area (Å²) in [6, 6.07) is 14.0. The number of hydrogen-bond acceptors (Lipinski definition) is 3. The van der Waals surface area contributed by atoms with Crippen LogP contribution in [0.1, 0.15) is 50.2 Å². The summed E-state index contributed by atoms with van der Waals surface area (Å²) in [4.78, 5) is 13.0. The van der Waals surface area contributed by atoms with E-state index >= 15 is 0 Å². The number of carbonyl (C=O) groups excluding carboxylic acids is 1. The van der Waals surface area contributed by atoms with Crippen molar-refractivity contribution in [2.75, 3.05) is 0 Å². The molecule has 0 bridgehead atoms. The molecular weight excluding hydrogens is 300 g/mol. The van der Waals surface area contributed by atoms with Crippen molar-refractivity contribution in [2.45, 2.75) is 44.4 Å². The lowest BCUT2D eigenvalue weighted by atomic mass is 9.59. The van der Waals surface area contributed by atoms with Crippen LogP contribution in [0.2, 0.25) is 0 Å². The highest BCUT2D eigenvalue weighted by Gasteiger charge is 2.46. The van der Waals surface area contributed by atoms with Crippen LogP contribution in [-0.4, -0.2) is 16.0 Å². The number of hydrogen-bond donors (Lipinski definition) is 2. The molecule has 0 unspecified atom stereocenters. The number of aromatic hydroxyl groups is 2. The summed E-state index contributed by atoms with van der Waals surface area (Å²) in [6.07, 6.45) is 5.52. The molecule has 1 fully saturated rings. The van der Waals surface area contributed by atoms with Gasteiger partial charge in [-0.1, -0.05) is 43.5 Å². The Morgan fingerprint density at radius 1 is 0.833 bits per heavy atom. The maximum atomic E-state index is 13.0. The number of benzene rings is 2. The molecule has 2 aromatic rings. The molecule has 24 heavy (non-hydrogen) atoms. The zero-order valence-corrected chi connectivity index (χ0v) is 14.0. The second kappa shape index (κ2) is 6.68. The number of rotatable bonds is 4. The minimum atomic E-state index is -0.720. The van der Waals surface area contributed by atoms with Crippen molar-refractivity contribution in [1.82, 2.24) is 0 Å². The van der Waals surface area contributed by atoms with Crippen molar-refractivity contribution in [3.8, 4) is 11.5 Å². The maximum absolute atomic E-state index is 13.0. The van der Waals surface area contributed by atoms with E-state index < -0.39 is 5.41 Å². The number of phenolic OH excluding ortho intramolecular Hbond substituents is 2. The van der Waals surface area contributed by atoms with E-state index in [1.165, 1.54) is 6.42 Å². The third kappa shape index (κ3) is 2.79. The van der Waals surface area contributed by atoms with Crippen molar-refractivity contribution in [3.63, 3.8) is 0 Å². The van der Waals surface area contributed by atoms with E-state index in [2.05, 4.69) is 0 Å². The molecule has 0 radical (unpaired) electrons. The molecule has 0 aliphatic heterocycles. The van der Waals surface area contributed by atoms with E-state index in [0.717, 1.165) is 36.8 Å². The van der Waals surface area contributed by atoms with Crippen molar-refractivity contribution in [1.29, 1.82) is 0 Å². The first kappa shape index (κ1) is 16.6. The number of phenols is 2. The Labute approximate surface area is 143 Å². The van der Waals surface area contributed by atoms with E-state index in [1.54, 1.807) is 31.2 Å². The minimum absolute atomic E-state index is 0.116. The molecule has 0 aromatic heterocycles. The lowest BCUT2D eigenvalue weighted by Crippen LogP contribution is -2.44. The van der Waals surface area contributed by atoms with Gasteiger partial charge in [-0.3, -0.25) is 4.79 Å².